The summed E-state index contributed by atoms with van der Waals surface area (Å²) >= 11 is 12.1. The van der Waals surface area contributed by atoms with Gasteiger partial charge in [-0.3, -0.25) is 29.3 Å². The molecule has 7 atom stereocenters. The van der Waals surface area contributed by atoms with Gasteiger partial charge in [0.15, 0.2) is 12.1 Å². The van der Waals surface area contributed by atoms with E-state index in [4.69, 9.17) is 46.9 Å². The number of piperidine rings is 1. The summed E-state index contributed by atoms with van der Waals surface area (Å²) in [4.78, 5) is 70.6. The molecule has 4 fully saturated rings. The zero-order valence-corrected chi connectivity index (χ0v) is 45.4. The molecule has 3 saturated heterocycles. The number of amides is 5. The Labute approximate surface area is 483 Å². The standard InChI is InChI=1S/C57H47Cl2F5N10O10/c1-27-65-52(74(70-27)43-20-32(58)9-14-38(43)57(62,63)64)51-50(48(49-44(83-51)25-81-56(84-49)29-5-3-2-4-6-29)73-24-41(69-71-73)30-18-39(60)47(59)40(61)19-30)80-26-46(76)66-34-21-36(22-34)82-35-11-7-28(8-12-35)53(77)67-33-10-13-37-31(17-33)23-72(55(37)79)42-15-16-45(75)68-54(42)78/h2-14,17-20,24,34,36,42,44,48-51,56H,15-16,21-23,25-26H2,1H3,(H,66,76)(H,67,77)(H,68,75,78)/t34-,36+,42?,44-,48+,49+,50-,51-,56?/m1/s1. The van der Waals surface area contributed by atoms with Gasteiger partial charge >= 0.3 is 6.18 Å². The Morgan fingerprint density at radius 3 is 2.42 bits per heavy atom. The minimum Gasteiger partial charge on any atom is -0.490 e. The highest BCUT2D eigenvalue weighted by atomic mass is 35.5. The Morgan fingerprint density at radius 1 is 0.917 bits per heavy atom. The molecule has 12 rings (SSSR count). The summed E-state index contributed by atoms with van der Waals surface area (Å²) in [6.07, 6.45) is -8.71. The normalized spacial score (nSPS) is 24.0. The van der Waals surface area contributed by atoms with Crippen molar-refractivity contribution in [2.75, 3.05) is 18.5 Å². The number of carbonyl (C=O) groups is 5. The maximum atomic E-state index is 14.9. The lowest BCUT2D eigenvalue weighted by atomic mass is 9.89. The highest BCUT2D eigenvalue weighted by molar-refractivity contribution is 6.31. The van der Waals surface area contributed by atoms with Crippen molar-refractivity contribution in [3.63, 3.8) is 0 Å². The van der Waals surface area contributed by atoms with Crippen LogP contribution in [0.25, 0.3) is 16.9 Å². The number of aryl methyl sites for hydroxylation is 1. The molecule has 0 radical (unpaired) electrons. The van der Waals surface area contributed by atoms with E-state index < -0.39 is 101 Å². The van der Waals surface area contributed by atoms with Crippen molar-refractivity contribution in [3.05, 3.63) is 170 Å². The van der Waals surface area contributed by atoms with E-state index in [-0.39, 0.29) is 77.9 Å². The lowest BCUT2D eigenvalue weighted by Gasteiger charge is -2.49. The van der Waals surface area contributed by atoms with Crippen molar-refractivity contribution >= 4 is 58.4 Å². The molecule has 84 heavy (non-hydrogen) atoms. The van der Waals surface area contributed by atoms with Crippen LogP contribution in [0.4, 0.5) is 27.6 Å². The third-order valence-electron chi connectivity index (χ3n) is 15.1. The highest BCUT2D eigenvalue weighted by Crippen LogP contribution is 2.47. The number of benzene rings is 5. The molecule has 3 N–H and O–H groups in total. The first-order valence-electron chi connectivity index (χ1n) is 26.4. The molecular formula is C57H47Cl2F5N10O10. The largest absolute Gasteiger partial charge is 0.490 e. The molecule has 6 heterocycles. The van der Waals surface area contributed by atoms with Gasteiger partial charge in [0, 0.05) is 64.8 Å². The van der Waals surface area contributed by atoms with Crippen LogP contribution in [0, 0.1) is 18.6 Å². The summed E-state index contributed by atoms with van der Waals surface area (Å²) < 4.78 is 108. The number of halogens is 7. The molecule has 0 spiro atoms. The number of ether oxygens (including phenoxy) is 5. The van der Waals surface area contributed by atoms with Crippen molar-refractivity contribution in [2.24, 2.45) is 0 Å². The summed E-state index contributed by atoms with van der Waals surface area (Å²) in [5, 5.41) is 20.2. The molecule has 1 aliphatic carbocycles. The average molecular weight is 1200 g/mol. The van der Waals surface area contributed by atoms with Crippen LogP contribution in [0.5, 0.6) is 5.75 Å². The average Bonchev–Trinajstić information content (AvgIpc) is 2.01. The van der Waals surface area contributed by atoms with Crippen LogP contribution in [0.1, 0.15) is 93.2 Å². The fourth-order valence-corrected chi connectivity index (χ4v) is 11.3. The molecule has 7 aromatic rings. The number of rotatable bonds is 14. The number of fused-ring (bicyclic) bond motifs is 2. The molecule has 27 heteroatoms. The van der Waals surface area contributed by atoms with Gasteiger partial charge in [0.25, 0.3) is 11.8 Å². The number of nitrogens with zero attached hydrogens (tertiary/aromatic N) is 7. The molecular weight excluding hydrogens is 1150 g/mol. The van der Waals surface area contributed by atoms with Crippen LogP contribution in [0.2, 0.25) is 10.0 Å². The number of carbonyl (C=O) groups excluding carboxylic acids is 5. The quantitative estimate of drug-likeness (QED) is 0.0528. The monoisotopic (exact) mass is 1200 g/mol. The topological polar surface area (TPSA) is 232 Å². The molecule has 2 aromatic heterocycles. The second-order valence-electron chi connectivity index (χ2n) is 20.7. The number of hydrogen-bond donors (Lipinski definition) is 3. The number of nitrogens with one attached hydrogen (secondary N) is 3. The van der Waals surface area contributed by atoms with Gasteiger partial charge in [-0.1, -0.05) is 58.7 Å². The number of imide groups is 1. The predicted molar refractivity (Wildman–Crippen MR) is 285 cm³/mol. The van der Waals surface area contributed by atoms with Crippen LogP contribution < -0.4 is 20.7 Å². The van der Waals surface area contributed by atoms with Gasteiger partial charge in [0.1, 0.15) is 83.1 Å². The first kappa shape index (κ1) is 56.3. The Morgan fingerprint density at radius 2 is 1.68 bits per heavy atom. The second-order valence-corrected chi connectivity index (χ2v) is 21.5. The van der Waals surface area contributed by atoms with Gasteiger partial charge in [-0.2, -0.15) is 18.3 Å². The highest BCUT2D eigenvalue weighted by Gasteiger charge is 2.54. The summed E-state index contributed by atoms with van der Waals surface area (Å²) in [5.41, 5.74) is 0.755. The maximum absolute atomic E-state index is 14.9. The van der Waals surface area contributed by atoms with Crippen molar-refractivity contribution in [3.8, 4) is 22.7 Å². The first-order valence-corrected chi connectivity index (χ1v) is 27.2. The molecule has 4 aliphatic heterocycles. The van der Waals surface area contributed by atoms with Gasteiger partial charge in [-0.25, -0.2) is 23.1 Å². The van der Waals surface area contributed by atoms with E-state index in [1.54, 1.807) is 72.8 Å². The zero-order chi connectivity index (χ0) is 58.7. The fraction of sp³-hybridized carbons (Fsp3) is 0.316. The molecule has 2 unspecified atom stereocenters. The summed E-state index contributed by atoms with van der Waals surface area (Å²) in [5.74, 6) is -4.09. The third-order valence-corrected chi connectivity index (χ3v) is 15.7. The van der Waals surface area contributed by atoms with E-state index in [0.29, 0.717) is 46.5 Å². The van der Waals surface area contributed by atoms with E-state index in [2.05, 4.69) is 36.3 Å². The Hall–Kier alpha value is -8.20. The van der Waals surface area contributed by atoms with Gasteiger partial charge in [0.05, 0.1) is 24.1 Å². The smallest absolute Gasteiger partial charge is 0.418 e. The molecule has 20 nitrogen and oxygen atoms in total. The second kappa shape index (κ2) is 22.8. The number of anilines is 1. The fourth-order valence-electron chi connectivity index (χ4n) is 11.0. The lowest BCUT2D eigenvalue weighted by molar-refractivity contribution is -0.322. The van der Waals surface area contributed by atoms with Crippen molar-refractivity contribution in [2.45, 2.75) is 100 Å². The molecule has 0 bridgehead atoms. The molecule has 5 aliphatic rings. The predicted octanol–water partition coefficient (Wildman–Crippen LogP) is 8.36. The molecule has 5 amide bonds. The van der Waals surface area contributed by atoms with Crippen molar-refractivity contribution in [1.29, 1.82) is 0 Å². The van der Waals surface area contributed by atoms with E-state index in [0.717, 1.165) is 35.0 Å². The third kappa shape index (κ3) is 11.3. The number of aromatic nitrogens is 6. The van der Waals surface area contributed by atoms with Crippen LogP contribution in [0.3, 0.4) is 0 Å². The summed E-state index contributed by atoms with van der Waals surface area (Å²) in [6.45, 7) is 0.814. The van der Waals surface area contributed by atoms with E-state index >= 15 is 0 Å². The van der Waals surface area contributed by atoms with Gasteiger partial charge in [-0.05, 0) is 91.7 Å². The van der Waals surface area contributed by atoms with Gasteiger partial charge in [0.2, 0.25) is 17.7 Å². The van der Waals surface area contributed by atoms with Crippen molar-refractivity contribution < 1.29 is 69.6 Å². The number of hydrogen-bond acceptors (Lipinski definition) is 14. The summed E-state index contributed by atoms with van der Waals surface area (Å²) in [7, 11) is 0. The zero-order valence-electron chi connectivity index (χ0n) is 43.9. The lowest BCUT2D eigenvalue weighted by Crippen LogP contribution is -2.58. The van der Waals surface area contributed by atoms with E-state index in [9.17, 15) is 45.9 Å². The Balaban J connectivity index is 0.754. The minimum absolute atomic E-state index is 0.0155. The SMILES string of the molecule is Cc1nc([C@@H]2O[C@@H]3COC(c4ccccc4)O[C@@H]3[C@H](n3cc(-c4cc(F)c(Cl)c(F)c4)nn3)[C@H]2OCC(=O)N[C@H]2C[C@@H](Oc3ccc(C(=O)Nc4ccc5c(c4)CN(C4CCC(=O)NC4=O)C5=O)cc3)C2)n(-c2cc(Cl)ccc2C(F)(F)F)n1. The van der Waals surface area contributed by atoms with Gasteiger partial charge in [-0.15, -0.1) is 5.10 Å². The Bertz CT molecular complexity index is 3710. The molecule has 434 valence electrons. The van der Waals surface area contributed by atoms with Crippen LogP contribution in [-0.2, 0) is 46.1 Å². The minimum atomic E-state index is -4.89. The van der Waals surface area contributed by atoms with E-state index in [1.807, 2.05) is 0 Å². The molecule has 5 aromatic carbocycles. The maximum Gasteiger partial charge on any atom is 0.418 e. The van der Waals surface area contributed by atoms with Gasteiger partial charge < -0.3 is 39.2 Å². The van der Waals surface area contributed by atoms with Crippen LogP contribution in [-0.4, -0.2) is 114 Å². The van der Waals surface area contributed by atoms with Crippen LogP contribution >= 0.6 is 23.2 Å². The van der Waals surface area contributed by atoms with E-state index in [1.165, 1.54) is 22.7 Å². The molecule has 1 saturated carbocycles. The summed E-state index contributed by atoms with van der Waals surface area (Å²) in [6, 6.07) is 22.8. The first-order chi connectivity index (χ1) is 40.3. The number of alkyl halides is 3. The van der Waals surface area contributed by atoms with Crippen molar-refractivity contribution in [1.82, 2.24) is 45.3 Å². The Kier molecular flexibility index (Phi) is 15.2. The van der Waals surface area contributed by atoms with Crippen LogP contribution in [0.15, 0.2) is 109 Å².